The zero-order valence-electron chi connectivity index (χ0n) is 13.2. The van der Waals surface area contributed by atoms with Gasteiger partial charge in [0.05, 0.1) is 4.91 Å². The van der Waals surface area contributed by atoms with Gasteiger partial charge in [0, 0.05) is 29.1 Å². The van der Waals surface area contributed by atoms with Crippen LogP contribution in [-0.4, -0.2) is 29.6 Å². The largest absolute Gasteiger partial charge is 0.367 e. The van der Waals surface area contributed by atoms with Gasteiger partial charge in [-0.05, 0) is 25.0 Å². The van der Waals surface area contributed by atoms with Crippen molar-refractivity contribution < 1.29 is 9.59 Å². The van der Waals surface area contributed by atoms with Crippen LogP contribution in [0.25, 0.3) is 0 Å². The van der Waals surface area contributed by atoms with Crippen molar-refractivity contribution in [2.45, 2.75) is 17.7 Å². The molecule has 3 nitrogen and oxygen atoms in total. The van der Waals surface area contributed by atoms with Crippen molar-refractivity contribution in [3.8, 4) is 0 Å². The summed E-state index contributed by atoms with van der Waals surface area (Å²) in [5.74, 6) is -0.0634. The highest BCUT2D eigenvalue weighted by molar-refractivity contribution is 8.04. The summed E-state index contributed by atoms with van der Waals surface area (Å²) in [6, 6.07) is 16.9. The topological polar surface area (TPSA) is 37.4 Å². The Morgan fingerprint density at radius 1 is 0.750 bits per heavy atom. The van der Waals surface area contributed by atoms with Crippen LogP contribution >= 0.6 is 11.8 Å². The zero-order chi connectivity index (χ0) is 16.5. The third-order valence-corrected chi connectivity index (χ3v) is 5.53. The molecule has 1 aliphatic heterocycles. The van der Waals surface area contributed by atoms with Crippen LogP contribution in [0.4, 0.5) is 0 Å². The fourth-order valence-corrected chi connectivity index (χ4v) is 4.32. The second-order valence-corrected chi connectivity index (χ2v) is 7.07. The van der Waals surface area contributed by atoms with E-state index in [1.54, 1.807) is 12.1 Å². The molecule has 4 heteroatoms. The lowest BCUT2D eigenvalue weighted by Crippen LogP contribution is -2.31. The number of thioether (sulfide) groups is 1. The molecule has 0 spiro atoms. The maximum absolute atomic E-state index is 13.1. The van der Waals surface area contributed by atoms with Gasteiger partial charge in [0.25, 0.3) is 0 Å². The van der Waals surface area contributed by atoms with Crippen LogP contribution in [-0.2, 0) is 0 Å². The standard InChI is InChI=1S/C20H17NO2S/c22-18-15-10-4-5-11-16(15)19(23)20(17(18)21-12-6-7-13-21)24-14-8-2-1-3-9-14/h1-5,8-11H,6-7,12-13H2. The first-order valence-electron chi connectivity index (χ1n) is 8.16. The molecule has 0 atom stereocenters. The van der Waals surface area contributed by atoms with Crippen molar-refractivity contribution in [1.82, 2.24) is 4.90 Å². The van der Waals surface area contributed by atoms with Crippen molar-refractivity contribution in [1.29, 1.82) is 0 Å². The van der Waals surface area contributed by atoms with E-state index in [0.717, 1.165) is 30.8 Å². The number of benzene rings is 2. The second kappa shape index (κ2) is 6.29. The summed E-state index contributed by atoms with van der Waals surface area (Å²) in [5.41, 5.74) is 1.63. The Hall–Kier alpha value is -2.33. The van der Waals surface area contributed by atoms with Crippen LogP contribution < -0.4 is 0 Å². The van der Waals surface area contributed by atoms with Gasteiger partial charge in [-0.3, -0.25) is 9.59 Å². The first-order chi connectivity index (χ1) is 11.8. The number of allylic oxidation sites excluding steroid dienone is 2. The van der Waals surface area contributed by atoms with Crippen LogP contribution in [0.2, 0.25) is 0 Å². The molecule has 1 saturated heterocycles. The van der Waals surface area contributed by atoms with Crippen LogP contribution in [0.5, 0.6) is 0 Å². The Bertz CT molecular complexity index is 836. The van der Waals surface area contributed by atoms with E-state index in [-0.39, 0.29) is 11.6 Å². The number of rotatable bonds is 3. The maximum atomic E-state index is 13.1. The normalized spacial score (nSPS) is 17.4. The number of carbonyl (C=O) groups is 2. The number of fused-ring (bicyclic) bond motifs is 1. The van der Waals surface area contributed by atoms with E-state index < -0.39 is 0 Å². The molecule has 24 heavy (non-hydrogen) atoms. The molecule has 1 fully saturated rings. The quantitative estimate of drug-likeness (QED) is 0.844. The molecule has 0 saturated carbocycles. The average molecular weight is 335 g/mol. The molecule has 2 aromatic carbocycles. The number of hydrogen-bond donors (Lipinski definition) is 0. The minimum atomic E-state index is -0.0408. The lowest BCUT2D eigenvalue weighted by molar-refractivity contribution is 0.0954. The lowest BCUT2D eigenvalue weighted by Gasteiger charge is -2.27. The second-order valence-electron chi connectivity index (χ2n) is 5.99. The Morgan fingerprint density at radius 3 is 2.00 bits per heavy atom. The third kappa shape index (κ3) is 2.57. The highest BCUT2D eigenvalue weighted by atomic mass is 32.2. The molecular weight excluding hydrogens is 318 g/mol. The fraction of sp³-hybridized carbons (Fsp3) is 0.200. The molecule has 0 radical (unpaired) electrons. The molecule has 0 unspecified atom stereocenters. The van der Waals surface area contributed by atoms with Gasteiger partial charge in [-0.15, -0.1) is 0 Å². The Kier molecular flexibility index (Phi) is 3.98. The van der Waals surface area contributed by atoms with E-state index >= 15 is 0 Å². The first-order valence-corrected chi connectivity index (χ1v) is 8.98. The zero-order valence-corrected chi connectivity index (χ0v) is 14.0. The summed E-state index contributed by atoms with van der Waals surface area (Å²) in [4.78, 5) is 29.8. The van der Waals surface area contributed by atoms with Crippen molar-refractivity contribution in [3.63, 3.8) is 0 Å². The smallest absolute Gasteiger partial charge is 0.211 e. The lowest BCUT2D eigenvalue weighted by atomic mass is 9.92. The molecule has 1 heterocycles. The maximum Gasteiger partial charge on any atom is 0.211 e. The summed E-state index contributed by atoms with van der Waals surface area (Å²) in [6.07, 6.45) is 2.13. The molecule has 120 valence electrons. The highest BCUT2D eigenvalue weighted by Crippen LogP contribution is 2.38. The number of ketones is 2. The Labute approximate surface area is 145 Å². The van der Waals surface area contributed by atoms with E-state index in [1.807, 2.05) is 42.5 Å². The summed E-state index contributed by atoms with van der Waals surface area (Å²) in [7, 11) is 0. The average Bonchev–Trinajstić information content (AvgIpc) is 3.15. The van der Waals surface area contributed by atoms with E-state index in [9.17, 15) is 9.59 Å². The monoisotopic (exact) mass is 335 g/mol. The minimum Gasteiger partial charge on any atom is -0.367 e. The highest BCUT2D eigenvalue weighted by Gasteiger charge is 2.36. The molecular formula is C20H17NO2S. The summed E-state index contributed by atoms with van der Waals surface area (Å²) >= 11 is 1.40. The van der Waals surface area contributed by atoms with E-state index in [2.05, 4.69) is 4.90 Å². The fourth-order valence-electron chi connectivity index (χ4n) is 3.27. The first kappa shape index (κ1) is 15.2. The number of hydrogen-bond acceptors (Lipinski definition) is 4. The van der Waals surface area contributed by atoms with Crippen LogP contribution in [0, 0.1) is 0 Å². The summed E-state index contributed by atoms with van der Waals surface area (Å²) in [5, 5.41) is 0. The molecule has 0 N–H and O–H groups in total. The Balaban J connectivity index is 1.84. The van der Waals surface area contributed by atoms with Gasteiger partial charge in [0.15, 0.2) is 0 Å². The van der Waals surface area contributed by atoms with Crippen LogP contribution in [0.3, 0.4) is 0 Å². The van der Waals surface area contributed by atoms with Gasteiger partial charge in [0.1, 0.15) is 5.70 Å². The van der Waals surface area contributed by atoms with Gasteiger partial charge >= 0.3 is 0 Å². The van der Waals surface area contributed by atoms with E-state index in [1.165, 1.54) is 11.8 Å². The van der Waals surface area contributed by atoms with Gasteiger partial charge in [-0.25, -0.2) is 0 Å². The molecule has 0 amide bonds. The summed E-state index contributed by atoms with van der Waals surface area (Å²) in [6.45, 7) is 1.69. The predicted octanol–water partition coefficient (Wildman–Crippen LogP) is 4.17. The molecule has 0 bridgehead atoms. The van der Waals surface area contributed by atoms with Crippen molar-refractivity contribution >= 4 is 23.3 Å². The molecule has 0 aromatic heterocycles. The number of nitrogens with zero attached hydrogens (tertiary/aromatic N) is 1. The van der Waals surface area contributed by atoms with Crippen molar-refractivity contribution in [3.05, 3.63) is 76.3 Å². The van der Waals surface area contributed by atoms with Gasteiger partial charge in [-0.1, -0.05) is 54.2 Å². The van der Waals surface area contributed by atoms with Crippen LogP contribution in [0.15, 0.2) is 70.1 Å². The predicted molar refractivity (Wildman–Crippen MR) is 95.2 cm³/mol. The van der Waals surface area contributed by atoms with Gasteiger partial charge in [-0.2, -0.15) is 0 Å². The molecule has 2 aromatic rings. The molecule has 1 aliphatic carbocycles. The third-order valence-electron chi connectivity index (χ3n) is 4.44. The Morgan fingerprint density at radius 2 is 1.33 bits per heavy atom. The van der Waals surface area contributed by atoms with E-state index in [4.69, 9.17) is 0 Å². The molecule has 2 aliphatic rings. The van der Waals surface area contributed by atoms with Crippen molar-refractivity contribution in [2.75, 3.05) is 13.1 Å². The van der Waals surface area contributed by atoms with Gasteiger partial charge in [0.2, 0.25) is 11.6 Å². The number of likely N-dealkylation sites (tertiary alicyclic amines) is 1. The summed E-state index contributed by atoms with van der Waals surface area (Å²) < 4.78 is 0. The van der Waals surface area contributed by atoms with E-state index in [0.29, 0.717) is 21.7 Å². The van der Waals surface area contributed by atoms with Crippen LogP contribution in [0.1, 0.15) is 33.6 Å². The minimum absolute atomic E-state index is 0.0227. The number of carbonyl (C=O) groups excluding carboxylic acids is 2. The van der Waals surface area contributed by atoms with Crippen molar-refractivity contribution in [2.24, 2.45) is 0 Å². The van der Waals surface area contributed by atoms with Gasteiger partial charge < -0.3 is 4.90 Å². The SMILES string of the molecule is O=C1C(Sc2ccccc2)=C(N2CCCC2)C(=O)c2ccccc21. The molecule has 4 rings (SSSR count). The number of Topliss-reactive ketones (excluding diaryl/α,β-unsaturated/α-hetero) is 2.